The molecule has 3 heteroatoms. The first-order valence-corrected chi connectivity index (χ1v) is 5.45. The Kier molecular flexibility index (Phi) is 13.9. The molecule has 0 aromatic heterocycles. The molecule has 0 aromatic carbocycles. The molecule has 14 heavy (non-hydrogen) atoms. The van der Waals surface area contributed by atoms with Crippen LogP contribution < -0.4 is 29.6 Å². The van der Waals surface area contributed by atoms with Gasteiger partial charge in [-0.05, 0) is 12.8 Å². The largest absolute Gasteiger partial charge is 1.00 e. The van der Waals surface area contributed by atoms with Crippen LogP contribution >= 0.6 is 0 Å². The van der Waals surface area contributed by atoms with Crippen molar-refractivity contribution in [2.75, 3.05) is 0 Å². The van der Waals surface area contributed by atoms with Gasteiger partial charge in [-0.15, -0.1) is 0 Å². The topological polar surface area (TPSA) is 37.3 Å². The number of carbonyl (C=O) groups is 1. The van der Waals surface area contributed by atoms with Gasteiger partial charge >= 0.3 is 35.5 Å². The molecule has 0 aliphatic carbocycles. The van der Waals surface area contributed by atoms with Gasteiger partial charge in [0.25, 0.3) is 0 Å². The minimum absolute atomic E-state index is 0. The second-order valence-corrected chi connectivity index (χ2v) is 3.67. The zero-order valence-electron chi connectivity index (χ0n) is 10.9. The maximum Gasteiger partial charge on any atom is 1.00 e. The van der Waals surface area contributed by atoms with E-state index < -0.39 is 5.97 Å². The van der Waals surface area contributed by atoms with Crippen LogP contribution in [0.4, 0.5) is 0 Å². The Hall–Kier alpha value is 0.470. The van der Waals surface area contributed by atoms with Crippen LogP contribution in [0.1, 0.15) is 60.2 Å². The summed E-state index contributed by atoms with van der Waals surface area (Å²) in [6.45, 7) is 4.24. The van der Waals surface area contributed by atoms with Crippen LogP contribution in [-0.2, 0) is 4.79 Å². The van der Waals surface area contributed by atoms with E-state index in [0.29, 0.717) is 0 Å². The number of rotatable bonds is 8. The van der Waals surface area contributed by atoms with Gasteiger partial charge in [0.15, 0.2) is 0 Å². The summed E-state index contributed by atoms with van der Waals surface area (Å²) in [4.78, 5) is 10.8. The third kappa shape index (κ3) is 9.04. The number of hydrogen-bond acceptors (Lipinski definition) is 1. The van der Waals surface area contributed by atoms with Crippen molar-refractivity contribution in [3.63, 3.8) is 0 Å². The number of aliphatic carboxylic acids is 1. The van der Waals surface area contributed by atoms with Crippen LogP contribution in [-0.4, -0.2) is 11.1 Å². The first-order chi connectivity index (χ1) is 6.22. The Balaban J connectivity index is -0.000000720. The van der Waals surface area contributed by atoms with Gasteiger partial charge in [-0.3, -0.25) is 4.79 Å². The fourth-order valence-electron chi connectivity index (χ4n) is 1.48. The molecule has 0 aliphatic heterocycles. The summed E-state index contributed by atoms with van der Waals surface area (Å²) >= 11 is 0. The number of carboxylic acids is 1. The summed E-state index contributed by atoms with van der Waals surface area (Å²) in [6, 6.07) is 0. The molecular weight excluding hydrogens is 187 g/mol. The molecule has 0 heterocycles. The molecule has 0 saturated heterocycles. The molecule has 1 atom stereocenters. The van der Waals surface area contributed by atoms with Crippen LogP contribution in [0.3, 0.4) is 0 Å². The average Bonchev–Trinajstić information content (AvgIpc) is 2.10. The second kappa shape index (κ2) is 11.5. The van der Waals surface area contributed by atoms with E-state index in [0.717, 1.165) is 38.5 Å². The predicted molar refractivity (Wildman–Crippen MR) is 55.9 cm³/mol. The SMILES string of the molecule is CCCCCC(CCCC)C(=O)O.[H-].[Na+]. The Bertz CT molecular complexity index is 143. The number of unbranched alkanes of at least 4 members (excludes halogenated alkanes) is 3. The Morgan fingerprint density at radius 1 is 1.14 bits per heavy atom. The zero-order valence-corrected chi connectivity index (χ0v) is 11.9. The molecular formula is C11H23NaO2. The summed E-state index contributed by atoms with van der Waals surface area (Å²) in [5, 5.41) is 8.90. The van der Waals surface area contributed by atoms with E-state index >= 15 is 0 Å². The van der Waals surface area contributed by atoms with E-state index in [2.05, 4.69) is 13.8 Å². The molecule has 0 aromatic rings. The zero-order chi connectivity index (χ0) is 10.1. The van der Waals surface area contributed by atoms with Gasteiger partial charge in [0.1, 0.15) is 0 Å². The van der Waals surface area contributed by atoms with E-state index in [-0.39, 0.29) is 36.9 Å². The molecule has 0 saturated carbocycles. The smallest absolute Gasteiger partial charge is 1.00 e. The van der Waals surface area contributed by atoms with E-state index in [1.54, 1.807) is 0 Å². The maximum atomic E-state index is 10.8. The second-order valence-electron chi connectivity index (χ2n) is 3.67. The van der Waals surface area contributed by atoms with Crippen LogP contribution in [0.5, 0.6) is 0 Å². The van der Waals surface area contributed by atoms with Crippen molar-refractivity contribution >= 4 is 5.97 Å². The summed E-state index contributed by atoms with van der Waals surface area (Å²) in [5.74, 6) is -0.698. The molecule has 1 unspecified atom stereocenters. The van der Waals surface area contributed by atoms with Crippen molar-refractivity contribution < 1.29 is 40.9 Å². The molecule has 0 rings (SSSR count). The third-order valence-electron chi connectivity index (χ3n) is 2.41. The summed E-state index contributed by atoms with van der Waals surface area (Å²) in [6.07, 6.45) is 7.26. The molecule has 0 spiro atoms. The molecule has 0 fully saturated rings. The van der Waals surface area contributed by atoms with Gasteiger partial charge in [0, 0.05) is 0 Å². The molecule has 2 nitrogen and oxygen atoms in total. The van der Waals surface area contributed by atoms with E-state index in [9.17, 15) is 4.79 Å². The van der Waals surface area contributed by atoms with Gasteiger partial charge < -0.3 is 6.53 Å². The first-order valence-electron chi connectivity index (χ1n) is 5.45. The summed E-state index contributed by atoms with van der Waals surface area (Å²) < 4.78 is 0. The van der Waals surface area contributed by atoms with Gasteiger partial charge in [0.05, 0.1) is 5.92 Å². The number of hydrogen-bond donors (Lipinski definition) is 1. The molecule has 0 radical (unpaired) electrons. The molecule has 80 valence electrons. The minimum Gasteiger partial charge on any atom is -1.00 e. The van der Waals surface area contributed by atoms with E-state index in [1.807, 2.05) is 0 Å². The van der Waals surface area contributed by atoms with E-state index in [4.69, 9.17) is 5.11 Å². The fraction of sp³-hybridized carbons (Fsp3) is 0.909. The standard InChI is InChI=1S/C11H22O2.Na.H/c1-3-5-7-9-10(11(12)13)8-6-4-2;;/h10H,3-9H2,1-2H3,(H,12,13);;/q;+1;-1. The van der Waals surface area contributed by atoms with Gasteiger partial charge in [-0.1, -0.05) is 46.0 Å². The summed E-state index contributed by atoms with van der Waals surface area (Å²) in [5.41, 5.74) is 0. The maximum absolute atomic E-state index is 10.8. The molecule has 1 N–H and O–H groups in total. The van der Waals surface area contributed by atoms with Crippen LogP contribution in [0.15, 0.2) is 0 Å². The van der Waals surface area contributed by atoms with Crippen molar-refractivity contribution in [2.45, 2.75) is 58.8 Å². The Morgan fingerprint density at radius 3 is 2.07 bits per heavy atom. The Labute approximate surface area is 111 Å². The van der Waals surface area contributed by atoms with Crippen LogP contribution in [0, 0.1) is 5.92 Å². The number of carboxylic acid groups (broad SMARTS) is 1. The average molecular weight is 210 g/mol. The fourth-order valence-corrected chi connectivity index (χ4v) is 1.48. The van der Waals surface area contributed by atoms with Gasteiger partial charge in [-0.25, -0.2) is 0 Å². The summed E-state index contributed by atoms with van der Waals surface area (Å²) in [7, 11) is 0. The minimum atomic E-state index is -0.607. The van der Waals surface area contributed by atoms with E-state index in [1.165, 1.54) is 6.42 Å². The molecule has 0 bridgehead atoms. The third-order valence-corrected chi connectivity index (χ3v) is 2.41. The normalized spacial score (nSPS) is 11.9. The van der Waals surface area contributed by atoms with Crippen LogP contribution in [0.25, 0.3) is 0 Å². The molecule has 0 aliphatic rings. The Morgan fingerprint density at radius 2 is 1.64 bits per heavy atom. The van der Waals surface area contributed by atoms with Crippen LogP contribution in [0.2, 0.25) is 0 Å². The van der Waals surface area contributed by atoms with Crippen molar-refractivity contribution in [3.05, 3.63) is 0 Å². The quantitative estimate of drug-likeness (QED) is 0.470. The van der Waals surface area contributed by atoms with Gasteiger partial charge in [0.2, 0.25) is 0 Å². The first kappa shape index (κ1) is 16.9. The van der Waals surface area contributed by atoms with Gasteiger partial charge in [-0.2, -0.15) is 0 Å². The van der Waals surface area contributed by atoms with Crippen molar-refractivity contribution in [1.82, 2.24) is 0 Å². The predicted octanol–water partition coefficient (Wildman–Crippen LogP) is 0.574. The van der Waals surface area contributed by atoms with Crippen molar-refractivity contribution in [3.8, 4) is 0 Å². The molecule has 0 amide bonds. The van der Waals surface area contributed by atoms with Crippen molar-refractivity contribution in [2.24, 2.45) is 5.92 Å². The van der Waals surface area contributed by atoms with Crippen molar-refractivity contribution in [1.29, 1.82) is 0 Å². The monoisotopic (exact) mass is 210 g/mol.